The summed E-state index contributed by atoms with van der Waals surface area (Å²) in [5, 5.41) is 6.73. The Morgan fingerprint density at radius 3 is 2.31 bits per heavy atom. The summed E-state index contributed by atoms with van der Waals surface area (Å²) >= 11 is 0. The average molecular weight is 533 g/mol. The highest BCUT2D eigenvalue weighted by molar-refractivity contribution is 14.0. The summed E-state index contributed by atoms with van der Waals surface area (Å²) in [6.07, 6.45) is 3.00. The molecule has 0 atom stereocenters. The molecule has 2 N–H and O–H groups in total. The van der Waals surface area contributed by atoms with Crippen molar-refractivity contribution >= 4 is 35.8 Å². The fraction of sp³-hybridized carbons (Fsp3) is 0.895. The predicted molar refractivity (Wildman–Crippen MR) is 120 cm³/mol. The van der Waals surface area contributed by atoms with Crippen molar-refractivity contribution in [3.8, 4) is 0 Å². The van der Waals surface area contributed by atoms with E-state index in [1.807, 2.05) is 0 Å². The van der Waals surface area contributed by atoms with E-state index in [0.29, 0.717) is 37.6 Å². The van der Waals surface area contributed by atoms with Gasteiger partial charge in [0.2, 0.25) is 5.91 Å². The molecule has 1 saturated heterocycles. The summed E-state index contributed by atoms with van der Waals surface area (Å²) in [6.45, 7) is 1.01. The van der Waals surface area contributed by atoms with Gasteiger partial charge in [-0.15, -0.1) is 24.0 Å². The maximum absolute atomic E-state index is 12.5. The van der Waals surface area contributed by atoms with E-state index in [1.165, 1.54) is 22.6 Å². The monoisotopic (exact) mass is 533 g/mol. The number of guanidine groups is 1. The average Bonchev–Trinajstić information content (AvgIpc) is 3.12. The van der Waals surface area contributed by atoms with Crippen molar-refractivity contribution in [2.24, 2.45) is 10.9 Å². The molecular weight excluding hydrogens is 498 g/mol. The Balaban J connectivity index is 0.00000420. The van der Waals surface area contributed by atoms with E-state index in [9.17, 15) is 18.0 Å². The highest BCUT2D eigenvalue weighted by atomic mass is 127. The number of nitrogens with zero attached hydrogens (tertiary/aromatic N) is 3. The molecule has 1 heterocycles. The van der Waals surface area contributed by atoms with E-state index >= 15 is 0 Å². The SMILES string of the molecule is CN(C)C(=O)CN=C(NCCC1CCN(CC(F)(F)F)CC1)NC1CCCC1.I. The Morgan fingerprint density at radius 2 is 1.76 bits per heavy atom. The van der Waals surface area contributed by atoms with E-state index in [2.05, 4.69) is 15.6 Å². The zero-order valence-corrected chi connectivity index (χ0v) is 19.8. The number of likely N-dealkylation sites (tertiary alicyclic amines) is 1. The van der Waals surface area contributed by atoms with E-state index in [1.54, 1.807) is 14.1 Å². The zero-order valence-electron chi connectivity index (χ0n) is 17.4. The quantitative estimate of drug-likeness (QED) is 0.300. The molecule has 6 nitrogen and oxygen atoms in total. The van der Waals surface area contributed by atoms with Crippen molar-refractivity contribution in [3.05, 3.63) is 0 Å². The summed E-state index contributed by atoms with van der Waals surface area (Å²) in [5.74, 6) is 1.04. The van der Waals surface area contributed by atoms with Crippen LogP contribution in [0, 0.1) is 5.92 Å². The third-order valence-corrected chi connectivity index (χ3v) is 5.52. The number of piperidine rings is 1. The molecule has 1 saturated carbocycles. The molecular formula is C19H35F3IN5O. The Bertz CT molecular complexity index is 516. The molecule has 1 amide bonds. The van der Waals surface area contributed by atoms with E-state index in [4.69, 9.17) is 0 Å². The van der Waals surface area contributed by atoms with Crippen LogP contribution in [0.1, 0.15) is 44.9 Å². The molecule has 0 bridgehead atoms. The Labute approximate surface area is 189 Å². The van der Waals surface area contributed by atoms with Crippen molar-refractivity contribution in [1.29, 1.82) is 0 Å². The minimum absolute atomic E-state index is 0. The normalized spacial score (nSPS) is 19.7. The van der Waals surface area contributed by atoms with Gasteiger partial charge in [-0.1, -0.05) is 12.8 Å². The molecule has 10 heteroatoms. The number of nitrogens with one attached hydrogen (secondary N) is 2. The molecule has 1 aliphatic heterocycles. The highest BCUT2D eigenvalue weighted by Gasteiger charge is 2.32. The van der Waals surface area contributed by atoms with Gasteiger partial charge < -0.3 is 15.5 Å². The lowest BCUT2D eigenvalue weighted by atomic mass is 9.93. The van der Waals surface area contributed by atoms with Gasteiger partial charge in [-0.2, -0.15) is 13.2 Å². The van der Waals surface area contributed by atoms with Gasteiger partial charge in [0.25, 0.3) is 0 Å². The summed E-state index contributed by atoms with van der Waals surface area (Å²) in [7, 11) is 3.42. The first-order valence-corrected chi connectivity index (χ1v) is 10.3. The molecule has 0 spiro atoms. The van der Waals surface area contributed by atoms with Crippen molar-refractivity contribution in [2.75, 3.05) is 46.8 Å². The molecule has 29 heavy (non-hydrogen) atoms. The second-order valence-electron chi connectivity index (χ2n) is 8.13. The van der Waals surface area contributed by atoms with Crippen LogP contribution in [-0.4, -0.2) is 80.7 Å². The van der Waals surface area contributed by atoms with E-state index < -0.39 is 12.7 Å². The van der Waals surface area contributed by atoms with Crippen LogP contribution < -0.4 is 10.6 Å². The van der Waals surface area contributed by atoms with Crippen LogP contribution in [0.5, 0.6) is 0 Å². The van der Waals surface area contributed by atoms with Crippen molar-refractivity contribution in [3.63, 3.8) is 0 Å². The third-order valence-electron chi connectivity index (χ3n) is 5.52. The summed E-state index contributed by atoms with van der Waals surface area (Å²) in [5.41, 5.74) is 0. The number of carbonyl (C=O) groups excluding carboxylic acids is 1. The van der Waals surface area contributed by atoms with Crippen LogP contribution in [0.2, 0.25) is 0 Å². The number of carbonyl (C=O) groups is 1. The molecule has 2 aliphatic rings. The summed E-state index contributed by atoms with van der Waals surface area (Å²) in [6, 6.07) is 0.395. The molecule has 2 rings (SSSR count). The van der Waals surface area contributed by atoms with Crippen LogP contribution in [0.15, 0.2) is 4.99 Å². The number of halogens is 4. The number of rotatable bonds is 7. The number of hydrogen-bond acceptors (Lipinski definition) is 3. The Morgan fingerprint density at radius 1 is 1.14 bits per heavy atom. The maximum atomic E-state index is 12.5. The largest absolute Gasteiger partial charge is 0.401 e. The van der Waals surface area contributed by atoms with Crippen LogP contribution in [0.3, 0.4) is 0 Å². The minimum atomic E-state index is -4.12. The van der Waals surface area contributed by atoms with Crippen molar-refractivity contribution < 1.29 is 18.0 Å². The van der Waals surface area contributed by atoms with Gasteiger partial charge in [-0.25, -0.2) is 4.99 Å². The van der Waals surface area contributed by atoms with Gasteiger partial charge in [-0.05, 0) is 51.1 Å². The van der Waals surface area contributed by atoms with Gasteiger partial charge in [0, 0.05) is 26.7 Å². The molecule has 2 fully saturated rings. The smallest absolute Gasteiger partial charge is 0.356 e. The van der Waals surface area contributed by atoms with Crippen molar-refractivity contribution in [2.45, 2.75) is 57.2 Å². The molecule has 0 aromatic heterocycles. The number of aliphatic imine (C=N–C) groups is 1. The summed E-state index contributed by atoms with van der Waals surface area (Å²) < 4.78 is 37.4. The van der Waals surface area contributed by atoms with Gasteiger partial charge in [0.1, 0.15) is 6.54 Å². The lowest BCUT2D eigenvalue weighted by molar-refractivity contribution is -0.148. The second-order valence-corrected chi connectivity index (χ2v) is 8.13. The van der Waals surface area contributed by atoms with Crippen molar-refractivity contribution in [1.82, 2.24) is 20.4 Å². The van der Waals surface area contributed by atoms with Crippen LogP contribution in [0.25, 0.3) is 0 Å². The van der Waals surface area contributed by atoms with Gasteiger partial charge >= 0.3 is 6.18 Å². The molecule has 0 aromatic carbocycles. The first-order chi connectivity index (χ1) is 13.2. The first-order valence-electron chi connectivity index (χ1n) is 10.3. The maximum Gasteiger partial charge on any atom is 0.401 e. The van der Waals surface area contributed by atoms with Crippen LogP contribution in [-0.2, 0) is 4.79 Å². The predicted octanol–water partition coefficient (Wildman–Crippen LogP) is 2.83. The highest BCUT2D eigenvalue weighted by Crippen LogP contribution is 2.24. The third kappa shape index (κ3) is 10.7. The van der Waals surface area contributed by atoms with E-state index in [-0.39, 0.29) is 36.4 Å². The number of hydrogen-bond donors (Lipinski definition) is 2. The van der Waals surface area contributed by atoms with Crippen LogP contribution >= 0.6 is 24.0 Å². The molecule has 0 unspecified atom stereocenters. The standard InChI is InChI=1S/C19H34F3N5O.HI/c1-26(2)17(28)13-24-18(25-16-5-3-4-6-16)23-10-7-15-8-11-27(12-9-15)14-19(20,21)22;/h15-16H,3-14H2,1-2H3,(H2,23,24,25);1H. The lowest BCUT2D eigenvalue weighted by Gasteiger charge is -2.32. The molecule has 1 aliphatic carbocycles. The van der Waals surface area contributed by atoms with Gasteiger partial charge in [0.05, 0.1) is 6.54 Å². The molecule has 0 aromatic rings. The van der Waals surface area contributed by atoms with Crippen LogP contribution in [0.4, 0.5) is 13.2 Å². The number of likely N-dealkylation sites (N-methyl/N-ethyl adjacent to an activating group) is 1. The van der Waals surface area contributed by atoms with Gasteiger partial charge in [-0.3, -0.25) is 9.69 Å². The molecule has 170 valence electrons. The lowest BCUT2D eigenvalue weighted by Crippen LogP contribution is -2.44. The Hall–Kier alpha value is -0.780. The van der Waals surface area contributed by atoms with Gasteiger partial charge in [0.15, 0.2) is 5.96 Å². The first kappa shape index (κ1) is 26.3. The fourth-order valence-corrected chi connectivity index (χ4v) is 3.79. The topological polar surface area (TPSA) is 60.0 Å². The minimum Gasteiger partial charge on any atom is -0.356 e. The summed E-state index contributed by atoms with van der Waals surface area (Å²) in [4.78, 5) is 19.2. The number of amides is 1. The Kier molecular flexibility index (Phi) is 11.6. The zero-order chi connectivity index (χ0) is 20.6. The fourth-order valence-electron chi connectivity index (χ4n) is 3.79. The second kappa shape index (κ2) is 12.8. The molecule has 0 radical (unpaired) electrons. The van der Waals surface area contributed by atoms with E-state index in [0.717, 1.165) is 32.1 Å². The number of alkyl halides is 3.